The number of halogens is 1. The lowest BCUT2D eigenvalue weighted by atomic mass is 9.86. The fourth-order valence-electron chi connectivity index (χ4n) is 3.02. The number of nitrogens with two attached hydrogens (primary N) is 1. The SMILES string of the molecule is CC(C)C1CCN(c2c(F)cccc2[C@H](C)N)CC1. The summed E-state index contributed by atoms with van der Waals surface area (Å²) >= 11 is 0. The molecular formula is C16H25FN2. The minimum atomic E-state index is -0.141. The molecule has 0 unspecified atom stereocenters. The van der Waals surface area contributed by atoms with Crippen LogP contribution in [-0.4, -0.2) is 13.1 Å². The Morgan fingerprint density at radius 3 is 2.37 bits per heavy atom. The number of rotatable bonds is 3. The molecule has 1 aromatic rings. The molecule has 1 aliphatic heterocycles. The summed E-state index contributed by atoms with van der Waals surface area (Å²) in [6.07, 6.45) is 2.29. The third-order valence-corrected chi connectivity index (χ3v) is 4.31. The predicted molar refractivity (Wildman–Crippen MR) is 78.8 cm³/mol. The van der Waals surface area contributed by atoms with Gasteiger partial charge in [0, 0.05) is 19.1 Å². The van der Waals surface area contributed by atoms with Crippen LogP contribution in [0.15, 0.2) is 18.2 Å². The molecule has 1 fully saturated rings. The van der Waals surface area contributed by atoms with E-state index in [4.69, 9.17) is 5.73 Å². The summed E-state index contributed by atoms with van der Waals surface area (Å²) < 4.78 is 14.2. The van der Waals surface area contributed by atoms with Crippen LogP contribution in [0.1, 0.15) is 45.2 Å². The number of para-hydroxylation sites is 1. The number of benzene rings is 1. The molecule has 0 bridgehead atoms. The largest absolute Gasteiger partial charge is 0.369 e. The predicted octanol–water partition coefficient (Wildman–Crippen LogP) is 3.72. The zero-order valence-corrected chi connectivity index (χ0v) is 12.2. The summed E-state index contributed by atoms with van der Waals surface area (Å²) in [6.45, 7) is 8.33. The molecule has 106 valence electrons. The fourth-order valence-corrected chi connectivity index (χ4v) is 3.02. The van der Waals surface area contributed by atoms with Gasteiger partial charge in [0.2, 0.25) is 0 Å². The van der Waals surface area contributed by atoms with Crippen molar-refractivity contribution < 1.29 is 4.39 Å². The van der Waals surface area contributed by atoms with Crippen LogP contribution < -0.4 is 10.6 Å². The Balaban J connectivity index is 2.19. The molecule has 1 aromatic carbocycles. The third kappa shape index (κ3) is 3.08. The van der Waals surface area contributed by atoms with Gasteiger partial charge in [-0.2, -0.15) is 0 Å². The van der Waals surface area contributed by atoms with Crippen molar-refractivity contribution >= 4 is 5.69 Å². The molecule has 1 saturated heterocycles. The van der Waals surface area contributed by atoms with Crippen molar-refractivity contribution in [3.05, 3.63) is 29.6 Å². The third-order valence-electron chi connectivity index (χ3n) is 4.31. The van der Waals surface area contributed by atoms with E-state index in [2.05, 4.69) is 18.7 Å². The van der Waals surface area contributed by atoms with Crippen LogP contribution in [0.5, 0.6) is 0 Å². The molecule has 2 rings (SSSR count). The van der Waals surface area contributed by atoms with Crippen LogP contribution in [0.3, 0.4) is 0 Å². The van der Waals surface area contributed by atoms with Crippen LogP contribution in [0.25, 0.3) is 0 Å². The minimum absolute atomic E-state index is 0.131. The Bertz CT molecular complexity index is 421. The minimum Gasteiger partial charge on any atom is -0.369 e. The number of hydrogen-bond donors (Lipinski definition) is 1. The molecule has 0 aliphatic carbocycles. The van der Waals surface area contributed by atoms with E-state index < -0.39 is 0 Å². The van der Waals surface area contributed by atoms with Crippen molar-refractivity contribution in [2.45, 2.75) is 39.7 Å². The maximum absolute atomic E-state index is 14.2. The highest BCUT2D eigenvalue weighted by Crippen LogP contribution is 2.33. The van der Waals surface area contributed by atoms with Gasteiger partial charge >= 0.3 is 0 Å². The lowest BCUT2D eigenvalue weighted by molar-refractivity contribution is 0.310. The normalized spacial score (nSPS) is 18.9. The van der Waals surface area contributed by atoms with E-state index in [9.17, 15) is 4.39 Å². The van der Waals surface area contributed by atoms with Gasteiger partial charge in [0.25, 0.3) is 0 Å². The summed E-state index contributed by atoms with van der Waals surface area (Å²) in [7, 11) is 0. The molecule has 2 nitrogen and oxygen atoms in total. The van der Waals surface area contributed by atoms with Gasteiger partial charge in [0.05, 0.1) is 5.69 Å². The highest BCUT2D eigenvalue weighted by Gasteiger charge is 2.25. The topological polar surface area (TPSA) is 29.3 Å². The van der Waals surface area contributed by atoms with Crippen molar-refractivity contribution in [2.24, 2.45) is 17.6 Å². The summed E-state index contributed by atoms with van der Waals surface area (Å²) in [5.41, 5.74) is 7.61. The first-order chi connectivity index (χ1) is 9.00. The van der Waals surface area contributed by atoms with Crippen molar-refractivity contribution in [1.82, 2.24) is 0 Å². The average molecular weight is 264 g/mol. The van der Waals surface area contributed by atoms with E-state index in [0.29, 0.717) is 0 Å². The maximum Gasteiger partial charge on any atom is 0.146 e. The molecule has 2 N–H and O–H groups in total. The van der Waals surface area contributed by atoms with Gasteiger partial charge in [-0.15, -0.1) is 0 Å². The lowest BCUT2D eigenvalue weighted by Gasteiger charge is -2.36. The van der Waals surface area contributed by atoms with Crippen LogP contribution in [0, 0.1) is 17.7 Å². The second-order valence-electron chi connectivity index (χ2n) is 6.03. The van der Waals surface area contributed by atoms with E-state index in [-0.39, 0.29) is 11.9 Å². The molecule has 3 heteroatoms. The number of nitrogens with zero attached hydrogens (tertiary/aromatic N) is 1. The Morgan fingerprint density at radius 1 is 1.21 bits per heavy atom. The van der Waals surface area contributed by atoms with E-state index in [1.165, 1.54) is 6.07 Å². The molecule has 0 saturated carbocycles. The van der Waals surface area contributed by atoms with Crippen LogP contribution in [0.4, 0.5) is 10.1 Å². The van der Waals surface area contributed by atoms with Gasteiger partial charge < -0.3 is 10.6 Å². The second-order valence-corrected chi connectivity index (χ2v) is 6.03. The first kappa shape index (κ1) is 14.3. The lowest BCUT2D eigenvalue weighted by Crippen LogP contribution is -2.36. The van der Waals surface area contributed by atoms with E-state index in [0.717, 1.165) is 49.0 Å². The van der Waals surface area contributed by atoms with E-state index in [1.54, 1.807) is 6.07 Å². The van der Waals surface area contributed by atoms with Gasteiger partial charge in [-0.05, 0) is 43.2 Å². The van der Waals surface area contributed by atoms with E-state index in [1.807, 2.05) is 13.0 Å². The van der Waals surface area contributed by atoms with Crippen molar-refractivity contribution in [1.29, 1.82) is 0 Å². The highest BCUT2D eigenvalue weighted by atomic mass is 19.1. The van der Waals surface area contributed by atoms with Crippen molar-refractivity contribution in [3.63, 3.8) is 0 Å². The van der Waals surface area contributed by atoms with Crippen LogP contribution in [-0.2, 0) is 0 Å². The fraction of sp³-hybridized carbons (Fsp3) is 0.625. The molecule has 19 heavy (non-hydrogen) atoms. The smallest absolute Gasteiger partial charge is 0.146 e. The molecule has 0 radical (unpaired) electrons. The molecule has 1 heterocycles. The molecule has 0 spiro atoms. The van der Waals surface area contributed by atoms with Gasteiger partial charge in [0.1, 0.15) is 5.82 Å². The zero-order chi connectivity index (χ0) is 14.0. The van der Waals surface area contributed by atoms with E-state index >= 15 is 0 Å². The second kappa shape index (κ2) is 5.91. The first-order valence-electron chi connectivity index (χ1n) is 7.29. The molecule has 1 atom stereocenters. The number of hydrogen-bond acceptors (Lipinski definition) is 2. The Hall–Kier alpha value is -1.09. The summed E-state index contributed by atoms with van der Waals surface area (Å²) in [4.78, 5) is 2.17. The van der Waals surface area contributed by atoms with Gasteiger partial charge in [-0.1, -0.05) is 26.0 Å². The molecule has 1 aliphatic rings. The number of piperidine rings is 1. The maximum atomic E-state index is 14.2. The van der Waals surface area contributed by atoms with Gasteiger partial charge in [-0.25, -0.2) is 4.39 Å². The monoisotopic (exact) mass is 264 g/mol. The Morgan fingerprint density at radius 2 is 1.84 bits per heavy atom. The van der Waals surface area contributed by atoms with Crippen LogP contribution >= 0.6 is 0 Å². The standard InChI is InChI=1S/C16H25FN2/c1-11(2)13-7-9-19(10-8-13)16-14(12(3)18)5-4-6-15(16)17/h4-6,11-13H,7-10,18H2,1-3H3/t12-/m0/s1. The zero-order valence-electron chi connectivity index (χ0n) is 12.2. The van der Waals surface area contributed by atoms with Gasteiger partial charge in [-0.3, -0.25) is 0 Å². The van der Waals surface area contributed by atoms with Crippen LogP contribution in [0.2, 0.25) is 0 Å². The Labute approximate surface area is 115 Å². The summed E-state index contributed by atoms with van der Waals surface area (Å²) in [6, 6.07) is 5.10. The first-order valence-corrected chi connectivity index (χ1v) is 7.29. The quantitative estimate of drug-likeness (QED) is 0.901. The highest BCUT2D eigenvalue weighted by molar-refractivity contribution is 5.56. The summed E-state index contributed by atoms with van der Waals surface area (Å²) in [5, 5.41) is 0. The van der Waals surface area contributed by atoms with Gasteiger partial charge in [0.15, 0.2) is 0 Å². The molecular weight excluding hydrogens is 239 g/mol. The molecule has 0 aromatic heterocycles. The number of anilines is 1. The summed E-state index contributed by atoms with van der Waals surface area (Å²) in [5.74, 6) is 1.34. The molecule has 0 amide bonds. The van der Waals surface area contributed by atoms with Crippen molar-refractivity contribution in [3.8, 4) is 0 Å². The average Bonchev–Trinajstić information content (AvgIpc) is 2.38. The Kier molecular flexibility index (Phi) is 4.46. The van der Waals surface area contributed by atoms with Crippen molar-refractivity contribution in [2.75, 3.05) is 18.0 Å².